The van der Waals surface area contributed by atoms with Crippen LogP contribution in [0.5, 0.6) is 0 Å². The molecule has 0 bridgehead atoms. The molecule has 1 aliphatic rings. The number of fused-ring (bicyclic) bond motifs is 10. The molecule has 0 spiro atoms. The summed E-state index contributed by atoms with van der Waals surface area (Å²) in [5.41, 5.74) is 9.22. The first kappa shape index (κ1) is 24.4. The van der Waals surface area contributed by atoms with E-state index in [1.165, 1.54) is 54.6 Å². The lowest BCUT2D eigenvalue weighted by Crippen LogP contribution is -2.16. The third-order valence-corrected chi connectivity index (χ3v) is 9.01. The number of rotatable bonds is 3. The standard InChI is InChI=1S/C40H28N2/c1-40(2)36-23-18-27-10-6-7-13-31(27)37(36)38-33-15-9-8-14-32(33)35-24-30(21-22-34(35)39(38)40)42(28-11-4-3-5-12-28)29-19-16-26(25-41)17-20-29/h3-24H,1-2H3. The van der Waals surface area contributed by atoms with Crippen LogP contribution in [0.2, 0.25) is 0 Å². The van der Waals surface area contributed by atoms with Gasteiger partial charge in [-0.1, -0.05) is 98.8 Å². The number of hydrogen-bond acceptors (Lipinski definition) is 2. The molecule has 0 saturated heterocycles. The molecule has 0 aromatic heterocycles. The Kier molecular flexibility index (Phi) is 5.27. The van der Waals surface area contributed by atoms with Crippen molar-refractivity contribution >= 4 is 49.4 Å². The van der Waals surface area contributed by atoms with E-state index < -0.39 is 0 Å². The van der Waals surface area contributed by atoms with Gasteiger partial charge in [-0.2, -0.15) is 5.26 Å². The number of benzene rings is 7. The molecule has 7 aromatic rings. The van der Waals surface area contributed by atoms with Gasteiger partial charge < -0.3 is 4.90 Å². The average molecular weight is 537 g/mol. The molecule has 1 aliphatic carbocycles. The number of nitrogens with zero attached hydrogens (tertiary/aromatic N) is 2. The van der Waals surface area contributed by atoms with E-state index in [4.69, 9.17) is 0 Å². The van der Waals surface area contributed by atoms with Crippen LogP contribution >= 0.6 is 0 Å². The molecule has 2 heteroatoms. The molecule has 198 valence electrons. The molecule has 0 radical (unpaired) electrons. The molecule has 7 aromatic carbocycles. The molecule has 0 saturated carbocycles. The van der Waals surface area contributed by atoms with Gasteiger partial charge in [-0.3, -0.25) is 0 Å². The van der Waals surface area contributed by atoms with E-state index >= 15 is 0 Å². The Morgan fingerprint density at radius 1 is 0.524 bits per heavy atom. The van der Waals surface area contributed by atoms with Crippen molar-refractivity contribution in [3.8, 4) is 17.2 Å². The Bertz CT molecular complexity index is 2220. The number of anilines is 3. The topological polar surface area (TPSA) is 27.0 Å². The van der Waals surface area contributed by atoms with Crippen LogP contribution in [0.1, 0.15) is 30.5 Å². The second-order valence-corrected chi connectivity index (χ2v) is 11.7. The lowest BCUT2D eigenvalue weighted by molar-refractivity contribution is 0.667. The molecular weight excluding hydrogens is 508 g/mol. The second kappa shape index (κ2) is 9.06. The van der Waals surface area contributed by atoms with Crippen LogP contribution in [0.4, 0.5) is 17.1 Å². The summed E-state index contributed by atoms with van der Waals surface area (Å²) >= 11 is 0. The molecule has 42 heavy (non-hydrogen) atoms. The minimum Gasteiger partial charge on any atom is -0.310 e. The zero-order valence-electron chi connectivity index (χ0n) is 23.6. The first-order valence-corrected chi connectivity index (χ1v) is 14.4. The van der Waals surface area contributed by atoms with Gasteiger partial charge in [0, 0.05) is 22.5 Å². The van der Waals surface area contributed by atoms with Crippen LogP contribution < -0.4 is 4.90 Å². The molecule has 0 aliphatic heterocycles. The molecule has 0 heterocycles. The van der Waals surface area contributed by atoms with Crippen molar-refractivity contribution in [3.05, 3.63) is 150 Å². The van der Waals surface area contributed by atoms with Crippen molar-refractivity contribution in [2.24, 2.45) is 0 Å². The second-order valence-electron chi connectivity index (χ2n) is 11.7. The highest BCUT2D eigenvalue weighted by Gasteiger charge is 2.39. The van der Waals surface area contributed by atoms with Gasteiger partial charge >= 0.3 is 0 Å². The van der Waals surface area contributed by atoms with Gasteiger partial charge in [0.1, 0.15) is 0 Å². The molecule has 0 fully saturated rings. The summed E-state index contributed by atoms with van der Waals surface area (Å²) in [5.74, 6) is 0. The van der Waals surface area contributed by atoms with Gasteiger partial charge in [0.2, 0.25) is 0 Å². The predicted molar refractivity (Wildman–Crippen MR) is 176 cm³/mol. The third-order valence-electron chi connectivity index (χ3n) is 9.01. The van der Waals surface area contributed by atoms with Crippen molar-refractivity contribution in [1.82, 2.24) is 0 Å². The third kappa shape index (κ3) is 3.44. The summed E-state index contributed by atoms with van der Waals surface area (Å²) < 4.78 is 0. The lowest BCUT2D eigenvalue weighted by atomic mass is 9.79. The van der Waals surface area contributed by atoms with Gasteiger partial charge in [-0.15, -0.1) is 0 Å². The maximum atomic E-state index is 9.40. The van der Waals surface area contributed by atoms with E-state index in [1.807, 2.05) is 30.3 Å². The van der Waals surface area contributed by atoms with E-state index in [-0.39, 0.29) is 5.41 Å². The highest BCUT2D eigenvalue weighted by atomic mass is 15.1. The molecule has 0 N–H and O–H groups in total. The largest absolute Gasteiger partial charge is 0.310 e. The lowest BCUT2D eigenvalue weighted by Gasteiger charge is -2.27. The Morgan fingerprint density at radius 3 is 1.93 bits per heavy atom. The van der Waals surface area contributed by atoms with Crippen LogP contribution in [0.25, 0.3) is 43.4 Å². The Morgan fingerprint density at radius 2 is 1.17 bits per heavy atom. The molecule has 0 amide bonds. The first-order valence-electron chi connectivity index (χ1n) is 14.4. The van der Waals surface area contributed by atoms with Gasteiger partial charge in [0.15, 0.2) is 0 Å². The molecule has 2 nitrogen and oxygen atoms in total. The summed E-state index contributed by atoms with van der Waals surface area (Å²) in [5, 5.41) is 17.1. The summed E-state index contributed by atoms with van der Waals surface area (Å²) in [4.78, 5) is 2.27. The monoisotopic (exact) mass is 536 g/mol. The molecule has 8 rings (SSSR count). The Labute approximate surface area is 245 Å². The zero-order valence-corrected chi connectivity index (χ0v) is 23.6. The zero-order chi connectivity index (χ0) is 28.4. The van der Waals surface area contributed by atoms with Gasteiger partial charge in [-0.05, 0) is 103 Å². The highest BCUT2D eigenvalue weighted by molar-refractivity contribution is 6.21. The van der Waals surface area contributed by atoms with Crippen molar-refractivity contribution in [3.63, 3.8) is 0 Å². The quantitative estimate of drug-likeness (QED) is 0.210. The fourth-order valence-electron chi connectivity index (χ4n) is 7.13. The number of nitriles is 1. The van der Waals surface area contributed by atoms with Crippen LogP contribution in [0.15, 0.2) is 133 Å². The SMILES string of the molecule is CC1(C)c2ccc3ccccc3c2-c2c1c1ccc(N(c3ccccc3)c3ccc(C#N)cc3)cc1c1ccccc21. The van der Waals surface area contributed by atoms with Crippen LogP contribution in [-0.2, 0) is 5.41 Å². The fourth-order valence-corrected chi connectivity index (χ4v) is 7.13. The first-order chi connectivity index (χ1) is 20.6. The predicted octanol–water partition coefficient (Wildman–Crippen LogP) is 10.8. The van der Waals surface area contributed by atoms with E-state index in [2.05, 4.69) is 128 Å². The Balaban J connectivity index is 1.45. The number of para-hydroxylation sites is 1. The summed E-state index contributed by atoms with van der Waals surface area (Å²) in [7, 11) is 0. The van der Waals surface area contributed by atoms with Gasteiger partial charge in [0.05, 0.1) is 11.6 Å². The Hall–Kier alpha value is -5.39. The summed E-state index contributed by atoms with van der Waals surface area (Å²) in [6.07, 6.45) is 0. The van der Waals surface area contributed by atoms with Crippen LogP contribution in [0.3, 0.4) is 0 Å². The molecule has 0 unspecified atom stereocenters. The summed E-state index contributed by atoms with van der Waals surface area (Å²) in [6.45, 7) is 4.75. The summed E-state index contributed by atoms with van der Waals surface area (Å²) in [6, 6.07) is 49.7. The maximum Gasteiger partial charge on any atom is 0.0991 e. The average Bonchev–Trinajstić information content (AvgIpc) is 3.29. The normalized spacial score (nSPS) is 13.2. The van der Waals surface area contributed by atoms with E-state index in [0.29, 0.717) is 5.56 Å². The van der Waals surface area contributed by atoms with Gasteiger partial charge in [-0.25, -0.2) is 0 Å². The molecular formula is C40H28N2. The number of hydrogen-bond donors (Lipinski definition) is 0. The van der Waals surface area contributed by atoms with E-state index in [1.54, 1.807) is 0 Å². The molecule has 0 atom stereocenters. The van der Waals surface area contributed by atoms with Crippen LogP contribution in [0, 0.1) is 11.3 Å². The maximum absolute atomic E-state index is 9.40. The van der Waals surface area contributed by atoms with E-state index in [9.17, 15) is 5.26 Å². The van der Waals surface area contributed by atoms with Crippen molar-refractivity contribution in [2.45, 2.75) is 19.3 Å². The smallest absolute Gasteiger partial charge is 0.0991 e. The minimum absolute atomic E-state index is 0.148. The van der Waals surface area contributed by atoms with E-state index in [0.717, 1.165) is 17.1 Å². The fraction of sp³-hybridized carbons (Fsp3) is 0.0750. The van der Waals surface area contributed by atoms with Gasteiger partial charge in [0.25, 0.3) is 0 Å². The van der Waals surface area contributed by atoms with Crippen molar-refractivity contribution in [2.75, 3.05) is 4.90 Å². The van der Waals surface area contributed by atoms with Crippen molar-refractivity contribution in [1.29, 1.82) is 5.26 Å². The highest BCUT2D eigenvalue weighted by Crippen LogP contribution is 2.56. The van der Waals surface area contributed by atoms with Crippen molar-refractivity contribution < 1.29 is 0 Å². The minimum atomic E-state index is -0.148. The van der Waals surface area contributed by atoms with Crippen LogP contribution in [-0.4, -0.2) is 0 Å².